The molecule has 102 valence electrons. The van der Waals surface area contributed by atoms with Crippen LogP contribution in [-0.4, -0.2) is 18.6 Å². The number of nitrogens with one attached hydrogen (secondary N) is 2. The first kappa shape index (κ1) is 12.9. The topological polar surface area (TPSA) is 50.4 Å². The molecule has 0 saturated heterocycles. The molecule has 1 heterocycles. The van der Waals surface area contributed by atoms with Crippen LogP contribution in [0.3, 0.4) is 0 Å². The molecule has 1 atom stereocenters. The smallest absolute Gasteiger partial charge is 0.246 e. The summed E-state index contributed by atoms with van der Waals surface area (Å²) < 4.78 is 6.83. The molecule has 1 aromatic carbocycles. The lowest BCUT2D eigenvalue weighted by Crippen LogP contribution is -2.27. The Balaban J connectivity index is 1.87. The van der Waals surface area contributed by atoms with Gasteiger partial charge in [0.15, 0.2) is 0 Å². The molecule has 2 N–H and O–H groups in total. The fourth-order valence-corrected chi connectivity index (χ4v) is 2.88. The van der Waals surface area contributed by atoms with E-state index in [0.29, 0.717) is 6.10 Å². The lowest BCUT2D eigenvalue weighted by Gasteiger charge is -2.27. The van der Waals surface area contributed by atoms with Crippen molar-refractivity contribution in [2.45, 2.75) is 38.3 Å². The minimum atomic E-state index is -0.256. The number of hydrogen-bond donors (Lipinski definition) is 2. The molecule has 0 aromatic heterocycles. The second-order valence-electron chi connectivity index (χ2n) is 5.02. The fourth-order valence-electron chi connectivity index (χ4n) is 2.43. The van der Waals surface area contributed by atoms with Crippen LogP contribution in [0.4, 0.5) is 5.69 Å². The van der Waals surface area contributed by atoms with Gasteiger partial charge in [0, 0.05) is 17.3 Å². The maximum Gasteiger partial charge on any atom is 0.246 e. The highest BCUT2D eigenvalue weighted by atomic mass is 79.9. The molecular weight excluding hydrogens is 308 g/mol. The number of carbonyl (C=O) groups is 1. The predicted octanol–water partition coefficient (Wildman–Crippen LogP) is 2.98. The maximum absolute atomic E-state index is 11.9. The molecule has 0 radical (unpaired) electrons. The zero-order valence-corrected chi connectivity index (χ0v) is 12.4. The van der Waals surface area contributed by atoms with Crippen molar-refractivity contribution in [2.75, 3.05) is 11.9 Å². The molecule has 5 heteroatoms. The van der Waals surface area contributed by atoms with Gasteiger partial charge in [0.2, 0.25) is 5.91 Å². The SMILES string of the molecule is CCNC1C(=O)Nc2cc(OC3CCC3)c(Br)cc21. The summed E-state index contributed by atoms with van der Waals surface area (Å²) in [5, 5.41) is 6.09. The van der Waals surface area contributed by atoms with Gasteiger partial charge in [0.05, 0.1) is 10.6 Å². The monoisotopic (exact) mass is 324 g/mol. The number of carbonyl (C=O) groups excluding carboxylic acids is 1. The van der Waals surface area contributed by atoms with Gasteiger partial charge in [-0.25, -0.2) is 0 Å². The summed E-state index contributed by atoms with van der Waals surface area (Å²) >= 11 is 3.54. The lowest BCUT2D eigenvalue weighted by molar-refractivity contribution is -0.117. The third-order valence-electron chi connectivity index (χ3n) is 3.69. The minimum Gasteiger partial charge on any atom is -0.489 e. The molecule has 4 nitrogen and oxygen atoms in total. The van der Waals surface area contributed by atoms with Crippen LogP contribution in [0.25, 0.3) is 0 Å². The van der Waals surface area contributed by atoms with Crippen LogP contribution in [0.15, 0.2) is 16.6 Å². The maximum atomic E-state index is 11.9. The quantitative estimate of drug-likeness (QED) is 0.895. The highest BCUT2D eigenvalue weighted by Gasteiger charge is 2.31. The minimum absolute atomic E-state index is 0.00421. The summed E-state index contributed by atoms with van der Waals surface area (Å²) in [5.74, 6) is 0.824. The number of benzene rings is 1. The molecule has 1 aromatic rings. The van der Waals surface area contributed by atoms with Crippen molar-refractivity contribution in [3.8, 4) is 5.75 Å². The molecule has 1 aliphatic carbocycles. The van der Waals surface area contributed by atoms with Gasteiger partial charge in [-0.1, -0.05) is 6.92 Å². The number of amides is 1. The largest absolute Gasteiger partial charge is 0.489 e. The number of anilines is 1. The van der Waals surface area contributed by atoms with Crippen molar-refractivity contribution in [2.24, 2.45) is 0 Å². The third kappa shape index (κ3) is 2.37. The summed E-state index contributed by atoms with van der Waals surface area (Å²) in [6.45, 7) is 2.75. The molecule has 0 bridgehead atoms. The molecule has 1 fully saturated rings. The van der Waals surface area contributed by atoms with Gasteiger partial charge in [0.1, 0.15) is 11.8 Å². The van der Waals surface area contributed by atoms with Crippen molar-refractivity contribution in [1.82, 2.24) is 5.32 Å². The third-order valence-corrected chi connectivity index (χ3v) is 4.31. The number of ether oxygens (including phenoxy) is 1. The van der Waals surface area contributed by atoms with Gasteiger partial charge < -0.3 is 15.4 Å². The van der Waals surface area contributed by atoms with Crippen LogP contribution in [0.1, 0.15) is 37.8 Å². The van der Waals surface area contributed by atoms with E-state index in [1.807, 2.05) is 19.1 Å². The van der Waals surface area contributed by atoms with E-state index in [1.54, 1.807) is 0 Å². The summed E-state index contributed by atoms with van der Waals surface area (Å²) in [5.41, 5.74) is 1.84. The van der Waals surface area contributed by atoms with Gasteiger partial charge in [-0.05, 0) is 47.8 Å². The van der Waals surface area contributed by atoms with E-state index < -0.39 is 0 Å². The highest BCUT2D eigenvalue weighted by molar-refractivity contribution is 9.10. The molecule has 0 spiro atoms. The van der Waals surface area contributed by atoms with Crippen molar-refractivity contribution >= 4 is 27.5 Å². The number of halogens is 1. The van der Waals surface area contributed by atoms with Crippen LogP contribution in [0.2, 0.25) is 0 Å². The summed E-state index contributed by atoms with van der Waals surface area (Å²) in [4.78, 5) is 11.9. The first-order chi connectivity index (χ1) is 9.19. The number of hydrogen-bond acceptors (Lipinski definition) is 3. The lowest BCUT2D eigenvalue weighted by atomic mass is 9.96. The zero-order valence-electron chi connectivity index (χ0n) is 10.8. The Bertz CT molecular complexity index is 514. The number of rotatable bonds is 4. The van der Waals surface area contributed by atoms with Crippen molar-refractivity contribution in [3.05, 3.63) is 22.2 Å². The molecule has 19 heavy (non-hydrogen) atoms. The van der Waals surface area contributed by atoms with E-state index in [0.717, 1.165) is 40.9 Å². The Morgan fingerprint density at radius 3 is 2.89 bits per heavy atom. The average molecular weight is 325 g/mol. The molecule has 1 saturated carbocycles. The van der Waals surface area contributed by atoms with Crippen LogP contribution >= 0.6 is 15.9 Å². The Morgan fingerprint density at radius 1 is 1.47 bits per heavy atom. The molecule has 3 rings (SSSR count). The van der Waals surface area contributed by atoms with Gasteiger partial charge in [-0.15, -0.1) is 0 Å². The first-order valence-corrected chi connectivity index (χ1v) is 7.52. The second kappa shape index (κ2) is 5.13. The molecule has 1 amide bonds. The molecular formula is C14H17BrN2O2. The molecule has 1 aliphatic heterocycles. The standard InChI is InChI=1S/C14H17BrN2O2/c1-2-16-13-9-6-10(15)12(19-8-4-3-5-8)7-11(9)17-14(13)18/h6-8,13,16H,2-5H2,1H3,(H,17,18). The van der Waals surface area contributed by atoms with Crippen LogP contribution in [0, 0.1) is 0 Å². The normalized spacial score (nSPS) is 21.8. The van der Waals surface area contributed by atoms with E-state index in [-0.39, 0.29) is 11.9 Å². The van der Waals surface area contributed by atoms with Crippen molar-refractivity contribution < 1.29 is 9.53 Å². The van der Waals surface area contributed by atoms with Crippen LogP contribution < -0.4 is 15.4 Å². The van der Waals surface area contributed by atoms with E-state index in [1.165, 1.54) is 6.42 Å². The fraction of sp³-hybridized carbons (Fsp3) is 0.500. The van der Waals surface area contributed by atoms with E-state index in [4.69, 9.17) is 4.74 Å². The van der Waals surface area contributed by atoms with Gasteiger partial charge >= 0.3 is 0 Å². The average Bonchev–Trinajstić information content (AvgIpc) is 2.61. The summed E-state index contributed by atoms with van der Waals surface area (Å²) in [6, 6.07) is 3.65. The van der Waals surface area contributed by atoms with Crippen molar-refractivity contribution in [1.29, 1.82) is 0 Å². The number of fused-ring (bicyclic) bond motifs is 1. The van der Waals surface area contributed by atoms with E-state index in [9.17, 15) is 4.79 Å². The summed E-state index contributed by atoms with van der Waals surface area (Å²) in [7, 11) is 0. The molecule has 1 unspecified atom stereocenters. The van der Waals surface area contributed by atoms with Gasteiger partial charge in [-0.3, -0.25) is 4.79 Å². The Morgan fingerprint density at radius 2 is 2.26 bits per heavy atom. The van der Waals surface area contributed by atoms with Gasteiger partial charge in [-0.2, -0.15) is 0 Å². The Labute approximate surface area is 121 Å². The Kier molecular flexibility index (Phi) is 3.50. The second-order valence-corrected chi connectivity index (χ2v) is 5.87. The summed E-state index contributed by atoms with van der Waals surface area (Å²) in [6.07, 6.45) is 3.81. The predicted molar refractivity (Wildman–Crippen MR) is 77.5 cm³/mol. The number of likely N-dealkylation sites (N-methyl/N-ethyl adjacent to an activating group) is 1. The van der Waals surface area contributed by atoms with Crippen molar-refractivity contribution in [3.63, 3.8) is 0 Å². The van der Waals surface area contributed by atoms with Crippen LogP contribution in [-0.2, 0) is 4.79 Å². The van der Waals surface area contributed by atoms with E-state index >= 15 is 0 Å². The highest BCUT2D eigenvalue weighted by Crippen LogP contribution is 2.40. The van der Waals surface area contributed by atoms with Gasteiger partial charge in [0.25, 0.3) is 0 Å². The first-order valence-electron chi connectivity index (χ1n) is 6.73. The van der Waals surface area contributed by atoms with E-state index in [2.05, 4.69) is 26.6 Å². The zero-order chi connectivity index (χ0) is 13.4. The Hall–Kier alpha value is -1.07. The van der Waals surface area contributed by atoms with Crippen LogP contribution in [0.5, 0.6) is 5.75 Å². The molecule has 2 aliphatic rings.